The Bertz CT molecular complexity index is 3310. The van der Waals surface area contributed by atoms with Gasteiger partial charge in [0, 0.05) is 105 Å². The molecule has 2 unspecified atom stereocenters. The van der Waals surface area contributed by atoms with E-state index in [1.165, 1.54) is 0 Å². The summed E-state index contributed by atoms with van der Waals surface area (Å²) in [4.78, 5) is 43.5. The van der Waals surface area contributed by atoms with E-state index >= 15 is 0 Å². The van der Waals surface area contributed by atoms with E-state index in [2.05, 4.69) is 31.2 Å². The zero-order valence-electron chi connectivity index (χ0n) is 41.2. The van der Waals surface area contributed by atoms with E-state index in [-0.39, 0.29) is 29.8 Å². The first kappa shape index (κ1) is 47.1. The summed E-state index contributed by atoms with van der Waals surface area (Å²) in [5.74, 6) is 3.86. The van der Waals surface area contributed by atoms with Gasteiger partial charge in [0.15, 0.2) is 11.3 Å². The van der Waals surface area contributed by atoms with Crippen molar-refractivity contribution in [2.45, 2.75) is 57.0 Å². The second-order valence-corrected chi connectivity index (χ2v) is 19.6. The molecule has 2 saturated carbocycles. The number of carbonyl (C=O) groups excluding carboxylic acids is 2. The van der Waals surface area contributed by atoms with Gasteiger partial charge in [-0.05, 0) is 104 Å². The fraction of sp³-hybridized carbons (Fsp3) is 0.339. The minimum Gasteiger partial charge on any atom is -0.439 e. The number of para-hydroxylation sites is 1. The van der Waals surface area contributed by atoms with E-state index in [1.807, 2.05) is 115 Å². The van der Waals surface area contributed by atoms with Gasteiger partial charge in [-0.2, -0.15) is 29.2 Å². The first-order valence-corrected chi connectivity index (χ1v) is 25.7. The van der Waals surface area contributed by atoms with E-state index in [4.69, 9.17) is 39.1 Å². The van der Waals surface area contributed by atoms with Gasteiger partial charge >= 0.3 is 0 Å². The van der Waals surface area contributed by atoms with Crippen LogP contribution in [0.3, 0.4) is 0 Å². The Morgan fingerprint density at radius 1 is 0.676 bits per heavy atom. The number of pyridine rings is 1. The fourth-order valence-electron chi connectivity index (χ4n) is 9.79. The summed E-state index contributed by atoms with van der Waals surface area (Å²) in [6, 6.07) is 28.9. The van der Waals surface area contributed by atoms with Gasteiger partial charge in [-0.3, -0.25) is 19.5 Å². The number of fused-ring (bicyclic) bond motifs is 2. The SMILES string of the molecule is Cc1cc(-c2cnn3c(NCC4CCOCC4)cc(Oc4cncc(C5CC5NC(=O)c5ccc(-c6cnn7c(NCCN8CCOCC8)cc(Oc8ccccc8)nc67)cc5)c4)nc23)ccc1C(=O)NC1CC1. The van der Waals surface area contributed by atoms with E-state index in [0.717, 1.165) is 130 Å². The van der Waals surface area contributed by atoms with Crippen LogP contribution in [-0.4, -0.2) is 122 Å². The number of hydrogen-bond acceptors (Lipinski definition) is 14. The third-order valence-electron chi connectivity index (χ3n) is 14.3. The van der Waals surface area contributed by atoms with Crippen molar-refractivity contribution in [3.05, 3.63) is 138 Å². The lowest BCUT2D eigenvalue weighted by Gasteiger charge is -2.26. The molecular formula is C56H58N12O6. The Kier molecular flexibility index (Phi) is 13.3. The van der Waals surface area contributed by atoms with Crippen molar-refractivity contribution in [1.82, 2.24) is 49.7 Å². The molecule has 2 saturated heterocycles. The summed E-state index contributed by atoms with van der Waals surface area (Å²) in [6.45, 7) is 9.08. The third-order valence-corrected chi connectivity index (χ3v) is 14.3. The summed E-state index contributed by atoms with van der Waals surface area (Å²) in [6.07, 6.45) is 11.9. The molecule has 18 heteroatoms. The van der Waals surface area contributed by atoms with Crippen molar-refractivity contribution in [1.29, 1.82) is 0 Å². The van der Waals surface area contributed by atoms with Crippen molar-refractivity contribution in [3.8, 4) is 45.5 Å². The normalized spacial score (nSPS) is 18.0. The number of hydrogen-bond donors (Lipinski definition) is 4. The minimum absolute atomic E-state index is 0.0480. The summed E-state index contributed by atoms with van der Waals surface area (Å²) < 4.78 is 27.5. The number of nitrogens with one attached hydrogen (secondary N) is 4. The van der Waals surface area contributed by atoms with Crippen molar-refractivity contribution < 1.29 is 28.5 Å². The quantitative estimate of drug-likeness (QED) is 0.0643. The van der Waals surface area contributed by atoms with Crippen LogP contribution in [0.5, 0.6) is 23.3 Å². The molecule has 2 amide bonds. The number of aryl methyl sites for hydroxylation is 1. The molecule has 378 valence electrons. The molecule has 4 fully saturated rings. The average Bonchev–Trinajstić information content (AvgIpc) is 4.32. The Labute approximate surface area is 427 Å². The van der Waals surface area contributed by atoms with Gasteiger partial charge < -0.3 is 40.2 Å². The average molecular weight is 995 g/mol. The van der Waals surface area contributed by atoms with E-state index < -0.39 is 0 Å². The highest BCUT2D eigenvalue weighted by Crippen LogP contribution is 2.42. The van der Waals surface area contributed by atoms with Crippen LogP contribution in [0.4, 0.5) is 11.6 Å². The Morgan fingerprint density at radius 3 is 2.07 bits per heavy atom. The third kappa shape index (κ3) is 10.6. The number of amides is 2. The Morgan fingerprint density at radius 2 is 1.35 bits per heavy atom. The molecule has 0 radical (unpaired) electrons. The first-order chi connectivity index (χ1) is 36.3. The molecule has 4 aliphatic rings. The summed E-state index contributed by atoms with van der Waals surface area (Å²) in [7, 11) is 0. The topological polar surface area (TPSA) is 196 Å². The van der Waals surface area contributed by atoms with Crippen LogP contribution in [-0.2, 0) is 9.47 Å². The molecule has 2 aliphatic heterocycles. The zero-order chi connectivity index (χ0) is 50.0. The number of nitrogens with zero attached hydrogens (tertiary/aromatic N) is 8. The van der Waals surface area contributed by atoms with E-state index in [0.29, 0.717) is 58.1 Å². The minimum atomic E-state index is -0.158. The zero-order valence-corrected chi connectivity index (χ0v) is 41.2. The van der Waals surface area contributed by atoms with E-state index in [1.54, 1.807) is 16.9 Å². The smallest absolute Gasteiger partial charge is 0.251 e. The maximum Gasteiger partial charge on any atom is 0.251 e. The van der Waals surface area contributed by atoms with Crippen LogP contribution < -0.4 is 30.7 Å². The molecule has 8 aromatic rings. The molecule has 2 aliphatic carbocycles. The van der Waals surface area contributed by atoms with Crippen LogP contribution in [0, 0.1) is 12.8 Å². The van der Waals surface area contributed by atoms with Crippen LogP contribution >= 0.6 is 0 Å². The van der Waals surface area contributed by atoms with Crippen LogP contribution in [0.2, 0.25) is 0 Å². The molecule has 3 aromatic carbocycles. The summed E-state index contributed by atoms with van der Waals surface area (Å²) >= 11 is 0. The molecule has 74 heavy (non-hydrogen) atoms. The maximum absolute atomic E-state index is 13.7. The number of anilines is 2. The number of benzene rings is 3. The summed E-state index contributed by atoms with van der Waals surface area (Å²) in [5.41, 5.74) is 7.67. The maximum atomic E-state index is 13.7. The second-order valence-electron chi connectivity index (χ2n) is 19.6. The number of ether oxygens (including phenoxy) is 4. The standard InChI is InChI=1S/C56H58N12O6/c1-35-25-39(11-14-44(35)56(70)62-41-12-13-41)47-34-61-68-50(59-30-36-15-21-71-22-16-36)29-52(65-54(47)68)74-43-26-40(31-57-32-43)45-27-48(45)63-55(69)38-9-7-37(8-10-38)46-33-60-67-49(58-17-18-66-19-23-72-24-20-66)28-51(64-53(46)67)73-42-5-3-2-4-6-42/h2-11,14,25-26,28-29,31-34,36,41,45,48,58-59H,12-13,15-24,27,30H2,1H3,(H,62,70)(H,63,69). The number of rotatable bonds is 18. The van der Waals surface area contributed by atoms with Crippen molar-refractivity contribution in [2.75, 3.05) is 69.8 Å². The van der Waals surface area contributed by atoms with Gasteiger partial charge in [0.1, 0.15) is 23.1 Å². The van der Waals surface area contributed by atoms with Gasteiger partial charge in [-0.15, -0.1) is 0 Å². The molecule has 0 spiro atoms. The number of carbonyl (C=O) groups is 2. The van der Waals surface area contributed by atoms with Crippen LogP contribution in [0.15, 0.2) is 116 Å². The molecule has 7 heterocycles. The molecule has 12 rings (SSSR count). The molecule has 4 N–H and O–H groups in total. The molecular weight excluding hydrogens is 937 g/mol. The lowest BCUT2D eigenvalue weighted by molar-refractivity contribution is 0.0398. The van der Waals surface area contributed by atoms with Gasteiger partial charge in [0.05, 0.1) is 31.8 Å². The Balaban J connectivity index is 0.731. The fourth-order valence-corrected chi connectivity index (χ4v) is 9.79. The predicted molar refractivity (Wildman–Crippen MR) is 279 cm³/mol. The lowest BCUT2D eigenvalue weighted by atomic mass is 10.0. The van der Waals surface area contributed by atoms with Gasteiger partial charge in [0.2, 0.25) is 11.8 Å². The van der Waals surface area contributed by atoms with Gasteiger partial charge in [-0.25, -0.2) is 0 Å². The molecule has 2 atom stereocenters. The highest BCUT2D eigenvalue weighted by atomic mass is 16.5. The first-order valence-electron chi connectivity index (χ1n) is 25.7. The van der Waals surface area contributed by atoms with Crippen molar-refractivity contribution >= 4 is 34.7 Å². The van der Waals surface area contributed by atoms with Crippen molar-refractivity contribution in [2.24, 2.45) is 5.92 Å². The number of morpholine rings is 1. The van der Waals surface area contributed by atoms with Gasteiger partial charge in [-0.1, -0.05) is 42.5 Å². The second kappa shape index (κ2) is 20.9. The van der Waals surface area contributed by atoms with E-state index in [9.17, 15) is 9.59 Å². The van der Waals surface area contributed by atoms with Crippen LogP contribution in [0.1, 0.15) is 69.9 Å². The Hall–Kier alpha value is -7.93. The largest absolute Gasteiger partial charge is 0.439 e. The summed E-state index contributed by atoms with van der Waals surface area (Å²) in [5, 5.41) is 23.0. The van der Waals surface area contributed by atoms with Crippen LogP contribution in [0.25, 0.3) is 33.5 Å². The highest BCUT2D eigenvalue weighted by molar-refractivity contribution is 5.97. The van der Waals surface area contributed by atoms with Crippen molar-refractivity contribution in [3.63, 3.8) is 0 Å². The molecule has 5 aromatic heterocycles. The lowest BCUT2D eigenvalue weighted by Crippen LogP contribution is -2.39. The molecule has 0 bridgehead atoms. The monoisotopic (exact) mass is 994 g/mol. The predicted octanol–water partition coefficient (Wildman–Crippen LogP) is 8.15. The highest BCUT2D eigenvalue weighted by Gasteiger charge is 2.40. The number of aromatic nitrogens is 7. The molecule has 18 nitrogen and oxygen atoms in total. The van der Waals surface area contributed by atoms with Gasteiger partial charge in [0.25, 0.3) is 11.8 Å².